The van der Waals surface area contributed by atoms with E-state index in [-0.39, 0.29) is 0 Å². The van der Waals surface area contributed by atoms with Crippen LogP contribution in [0.4, 0.5) is 0 Å². The number of hydrogen-bond donors (Lipinski definition) is 0. The Hall–Kier alpha value is -2.17. The highest BCUT2D eigenvalue weighted by atomic mass is 16.5. The average Bonchev–Trinajstić information content (AvgIpc) is 2.71. The Kier molecular flexibility index (Phi) is 2.68. The SMILES string of the molecule is COC(=O)c1cc(-c2ccncc2)nn1C. The fraction of sp³-hybridized carbons (Fsp3) is 0.182. The number of carbonyl (C=O) groups is 1. The van der Waals surface area contributed by atoms with E-state index in [9.17, 15) is 4.79 Å². The van der Waals surface area contributed by atoms with Crippen molar-refractivity contribution in [3.63, 3.8) is 0 Å². The molecular formula is C11H11N3O2. The molecule has 0 saturated carbocycles. The first-order chi connectivity index (χ1) is 7.72. The zero-order valence-electron chi connectivity index (χ0n) is 9.04. The molecule has 0 radical (unpaired) electrons. The van der Waals surface area contributed by atoms with Gasteiger partial charge in [-0.3, -0.25) is 9.67 Å². The second-order valence-corrected chi connectivity index (χ2v) is 3.27. The molecule has 16 heavy (non-hydrogen) atoms. The van der Waals surface area contributed by atoms with Crippen molar-refractivity contribution < 1.29 is 9.53 Å². The van der Waals surface area contributed by atoms with Crippen molar-refractivity contribution in [1.29, 1.82) is 0 Å². The fourth-order valence-corrected chi connectivity index (χ4v) is 1.43. The third-order valence-corrected chi connectivity index (χ3v) is 2.25. The molecule has 0 aliphatic carbocycles. The summed E-state index contributed by atoms with van der Waals surface area (Å²) in [4.78, 5) is 15.3. The minimum absolute atomic E-state index is 0.393. The molecule has 0 aromatic carbocycles. The number of pyridine rings is 1. The van der Waals surface area contributed by atoms with Gasteiger partial charge in [0.05, 0.1) is 12.8 Å². The third kappa shape index (κ3) is 1.79. The zero-order valence-corrected chi connectivity index (χ0v) is 9.04. The molecule has 5 nitrogen and oxygen atoms in total. The van der Waals surface area contributed by atoms with Gasteiger partial charge < -0.3 is 4.74 Å². The lowest BCUT2D eigenvalue weighted by molar-refractivity contribution is 0.0588. The highest BCUT2D eigenvalue weighted by Crippen LogP contribution is 2.17. The zero-order chi connectivity index (χ0) is 11.5. The summed E-state index contributed by atoms with van der Waals surface area (Å²) in [5, 5.41) is 4.24. The summed E-state index contributed by atoms with van der Waals surface area (Å²) in [6, 6.07) is 5.37. The number of methoxy groups -OCH3 is 1. The molecule has 0 spiro atoms. The van der Waals surface area contributed by atoms with E-state index in [1.165, 1.54) is 11.8 Å². The second-order valence-electron chi connectivity index (χ2n) is 3.27. The lowest BCUT2D eigenvalue weighted by atomic mass is 10.2. The first-order valence-electron chi connectivity index (χ1n) is 4.75. The van der Waals surface area contributed by atoms with Crippen molar-refractivity contribution in [1.82, 2.24) is 14.8 Å². The molecule has 0 bridgehead atoms. The number of rotatable bonds is 2. The van der Waals surface area contributed by atoms with Gasteiger partial charge in [-0.15, -0.1) is 0 Å². The quantitative estimate of drug-likeness (QED) is 0.711. The van der Waals surface area contributed by atoms with Crippen LogP contribution < -0.4 is 0 Å². The Morgan fingerprint density at radius 3 is 2.69 bits per heavy atom. The monoisotopic (exact) mass is 217 g/mol. The molecule has 0 fully saturated rings. The standard InChI is InChI=1S/C11H11N3O2/c1-14-10(11(15)16-2)7-9(13-14)8-3-5-12-6-4-8/h3-7H,1-2H3. The van der Waals surface area contributed by atoms with Crippen molar-refractivity contribution >= 4 is 5.97 Å². The Morgan fingerprint density at radius 1 is 1.38 bits per heavy atom. The van der Waals surface area contributed by atoms with Crippen molar-refractivity contribution in [2.45, 2.75) is 0 Å². The summed E-state index contributed by atoms with van der Waals surface area (Å²) in [5.74, 6) is -0.393. The third-order valence-electron chi connectivity index (χ3n) is 2.25. The van der Waals surface area contributed by atoms with E-state index >= 15 is 0 Å². The van der Waals surface area contributed by atoms with E-state index in [1.807, 2.05) is 12.1 Å². The van der Waals surface area contributed by atoms with Crippen LogP contribution in [-0.2, 0) is 11.8 Å². The van der Waals surface area contributed by atoms with E-state index in [0.29, 0.717) is 5.69 Å². The number of nitrogens with zero attached hydrogens (tertiary/aromatic N) is 3. The molecule has 0 amide bonds. The van der Waals surface area contributed by atoms with Crippen LogP contribution in [0.3, 0.4) is 0 Å². The van der Waals surface area contributed by atoms with Gasteiger partial charge in [-0.2, -0.15) is 5.10 Å². The normalized spacial score (nSPS) is 10.1. The van der Waals surface area contributed by atoms with Crippen LogP contribution in [-0.4, -0.2) is 27.8 Å². The van der Waals surface area contributed by atoms with Crippen LogP contribution in [0.15, 0.2) is 30.6 Å². The molecule has 2 aromatic rings. The fourth-order valence-electron chi connectivity index (χ4n) is 1.43. The predicted molar refractivity (Wildman–Crippen MR) is 57.8 cm³/mol. The van der Waals surface area contributed by atoms with Crippen molar-refractivity contribution in [2.75, 3.05) is 7.11 Å². The van der Waals surface area contributed by atoms with Crippen LogP contribution in [0, 0.1) is 0 Å². The molecule has 0 saturated heterocycles. The summed E-state index contributed by atoms with van der Waals surface area (Å²) in [7, 11) is 3.05. The maximum absolute atomic E-state index is 11.4. The van der Waals surface area contributed by atoms with Crippen LogP contribution in [0.2, 0.25) is 0 Å². The van der Waals surface area contributed by atoms with Gasteiger partial charge in [-0.1, -0.05) is 0 Å². The molecule has 5 heteroatoms. The molecule has 0 atom stereocenters. The largest absolute Gasteiger partial charge is 0.464 e. The lowest BCUT2D eigenvalue weighted by Gasteiger charge is -1.96. The van der Waals surface area contributed by atoms with Gasteiger partial charge >= 0.3 is 5.97 Å². The van der Waals surface area contributed by atoms with Crippen molar-refractivity contribution in [3.05, 3.63) is 36.3 Å². The van der Waals surface area contributed by atoms with Crippen LogP contribution >= 0.6 is 0 Å². The van der Waals surface area contributed by atoms with E-state index in [2.05, 4.69) is 14.8 Å². The summed E-state index contributed by atoms with van der Waals surface area (Å²) >= 11 is 0. The highest BCUT2D eigenvalue weighted by molar-refractivity contribution is 5.88. The Bertz CT molecular complexity index is 505. The smallest absolute Gasteiger partial charge is 0.356 e. The molecule has 0 aliphatic heterocycles. The molecule has 0 aliphatic rings. The number of hydrogen-bond acceptors (Lipinski definition) is 4. The van der Waals surface area contributed by atoms with Crippen molar-refractivity contribution in [3.8, 4) is 11.3 Å². The van der Waals surface area contributed by atoms with E-state index < -0.39 is 5.97 Å². The average molecular weight is 217 g/mol. The minimum Gasteiger partial charge on any atom is -0.464 e. The summed E-state index contributed by atoms with van der Waals surface area (Å²) in [5.41, 5.74) is 2.07. The molecule has 2 rings (SSSR count). The van der Waals surface area contributed by atoms with Crippen LogP contribution in [0.25, 0.3) is 11.3 Å². The van der Waals surface area contributed by atoms with E-state index in [4.69, 9.17) is 0 Å². The molecule has 2 aromatic heterocycles. The first-order valence-corrected chi connectivity index (χ1v) is 4.75. The number of esters is 1. The van der Waals surface area contributed by atoms with E-state index in [0.717, 1.165) is 11.3 Å². The van der Waals surface area contributed by atoms with Gasteiger partial charge in [0, 0.05) is 25.0 Å². The molecule has 0 unspecified atom stereocenters. The van der Waals surface area contributed by atoms with Gasteiger partial charge in [0.1, 0.15) is 5.69 Å². The molecule has 2 heterocycles. The maximum atomic E-state index is 11.4. The lowest BCUT2D eigenvalue weighted by Crippen LogP contribution is -2.07. The maximum Gasteiger partial charge on any atom is 0.356 e. The van der Waals surface area contributed by atoms with Crippen LogP contribution in [0.1, 0.15) is 10.5 Å². The number of ether oxygens (including phenoxy) is 1. The van der Waals surface area contributed by atoms with Gasteiger partial charge in [0.2, 0.25) is 0 Å². The second kappa shape index (κ2) is 4.14. The summed E-state index contributed by atoms with van der Waals surface area (Å²) in [6.07, 6.45) is 3.36. The Morgan fingerprint density at radius 2 is 2.06 bits per heavy atom. The number of carbonyl (C=O) groups excluding carboxylic acids is 1. The molecule has 82 valence electrons. The number of aryl methyl sites for hydroxylation is 1. The van der Waals surface area contributed by atoms with Gasteiger partial charge in [0.25, 0.3) is 0 Å². The van der Waals surface area contributed by atoms with Gasteiger partial charge in [-0.25, -0.2) is 4.79 Å². The van der Waals surface area contributed by atoms with Gasteiger partial charge in [0.15, 0.2) is 0 Å². The first kappa shape index (κ1) is 10.4. The summed E-state index contributed by atoms with van der Waals surface area (Å²) < 4.78 is 6.16. The van der Waals surface area contributed by atoms with E-state index in [1.54, 1.807) is 25.5 Å². The Balaban J connectivity index is 2.42. The van der Waals surface area contributed by atoms with Gasteiger partial charge in [-0.05, 0) is 18.2 Å². The summed E-state index contributed by atoms with van der Waals surface area (Å²) in [6.45, 7) is 0. The predicted octanol–water partition coefficient (Wildman–Crippen LogP) is 1.27. The highest BCUT2D eigenvalue weighted by Gasteiger charge is 2.13. The Labute approximate surface area is 92.7 Å². The van der Waals surface area contributed by atoms with Crippen LogP contribution in [0.5, 0.6) is 0 Å². The van der Waals surface area contributed by atoms with Crippen molar-refractivity contribution in [2.24, 2.45) is 7.05 Å². The minimum atomic E-state index is -0.393. The topological polar surface area (TPSA) is 57.0 Å². The number of aromatic nitrogens is 3. The molecule has 0 N–H and O–H groups in total. The molecular weight excluding hydrogens is 206 g/mol.